The molecule has 0 fully saturated rings. The molecule has 0 heterocycles. The maximum absolute atomic E-state index is 12.3. The number of nitrogens with zero attached hydrogens (tertiary/aromatic N) is 1. The number of hydrogen-bond donors (Lipinski definition) is 1. The van der Waals surface area contributed by atoms with E-state index in [0.717, 1.165) is 6.07 Å². The molecule has 0 saturated heterocycles. The quantitative estimate of drug-likeness (QED) is 0.612. The van der Waals surface area contributed by atoms with Gasteiger partial charge in [0.25, 0.3) is 15.7 Å². The second-order valence-electron chi connectivity index (χ2n) is 4.44. The zero-order chi connectivity index (χ0) is 16.5. The van der Waals surface area contributed by atoms with E-state index in [4.69, 9.17) is 11.6 Å². The van der Waals surface area contributed by atoms with Crippen molar-refractivity contribution in [2.75, 3.05) is 4.72 Å². The third kappa shape index (κ3) is 3.57. The van der Waals surface area contributed by atoms with Crippen LogP contribution in [0.15, 0.2) is 45.8 Å². The third-order valence-corrected chi connectivity index (χ3v) is 5.03. The first-order chi connectivity index (χ1) is 10.2. The highest BCUT2D eigenvalue weighted by atomic mass is 79.9. The van der Waals surface area contributed by atoms with Crippen molar-refractivity contribution in [3.05, 3.63) is 61.6 Å². The van der Waals surface area contributed by atoms with Crippen molar-refractivity contribution >= 4 is 48.9 Å². The fraction of sp³-hybridized carbons (Fsp3) is 0.0769. The Morgan fingerprint density at radius 1 is 1.23 bits per heavy atom. The molecular formula is C13H10BrClN2O4S. The molecule has 0 radical (unpaired) electrons. The topological polar surface area (TPSA) is 89.3 Å². The Bertz CT molecular complexity index is 855. The van der Waals surface area contributed by atoms with Crippen molar-refractivity contribution in [1.29, 1.82) is 0 Å². The number of nitrogens with one attached hydrogen (secondary N) is 1. The monoisotopic (exact) mass is 404 g/mol. The van der Waals surface area contributed by atoms with Gasteiger partial charge in [-0.15, -0.1) is 0 Å². The number of halogens is 2. The van der Waals surface area contributed by atoms with Crippen LogP contribution in [-0.4, -0.2) is 13.3 Å². The average Bonchev–Trinajstić information content (AvgIpc) is 2.42. The van der Waals surface area contributed by atoms with Crippen molar-refractivity contribution in [3.8, 4) is 0 Å². The van der Waals surface area contributed by atoms with Gasteiger partial charge in [-0.1, -0.05) is 33.6 Å². The number of hydrogen-bond acceptors (Lipinski definition) is 4. The molecule has 0 aromatic heterocycles. The van der Waals surface area contributed by atoms with E-state index >= 15 is 0 Å². The van der Waals surface area contributed by atoms with Crippen molar-refractivity contribution in [3.63, 3.8) is 0 Å². The molecule has 22 heavy (non-hydrogen) atoms. The average molecular weight is 406 g/mol. The Morgan fingerprint density at radius 2 is 1.91 bits per heavy atom. The van der Waals surface area contributed by atoms with Crippen LogP contribution in [0.25, 0.3) is 0 Å². The maximum atomic E-state index is 12.3. The molecule has 0 unspecified atom stereocenters. The minimum absolute atomic E-state index is 0.188. The van der Waals surface area contributed by atoms with Gasteiger partial charge in [0, 0.05) is 16.1 Å². The molecule has 0 amide bonds. The molecule has 0 atom stereocenters. The number of benzene rings is 2. The minimum Gasteiger partial charge on any atom is -0.278 e. The number of nitro groups is 1. The zero-order valence-corrected chi connectivity index (χ0v) is 14.4. The summed E-state index contributed by atoms with van der Waals surface area (Å²) in [5, 5.41) is 11.1. The molecule has 0 aliphatic heterocycles. The first-order valence-corrected chi connectivity index (χ1v) is 8.59. The van der Waals surface area contributed by atoms with Crippen LogP contribution >= 0.6 is 27.5 Å². The fourth-order valence-electron chi connectivity index (χ4n) is 1.73. The van der Waals surface area contributed by atoms with Gasteiger partial charge in [0.05, 0.1) is 20.5 Å². The van der Waals surface area contributed by atoms with Gasteiger partial charge in [0.15, 0.2) is 0 Å². The number of rotatable bonds is 4. The predicted octanol–water partition coefficient (Wildman–Crippen LogP) is 4.12. The Morgan fingerprint density at radius 3 is 2.50 bits per heavy atom. The molecule has 0 aliphatic carbocycles. The van der Waals surface area contributed by atoms with E-state index in [1.807, 2.05) is 0 Å². The highest BCUT2D eigenvalue weighted by Gasteiger charge is 2.20. The Labute approximate surface area is 140 Å². The lowest BCUT2D eigenvalue weighted by molar-refractivity contribution is -0.385. The van der Waals surface area contributed by atoms with Gasteiger partial charge in [0.2, 0.25) is 0 Å². The van der Waals surface area contributed by atoms with Gasteiger partial charge in [0.1, 0.15) is 0 Å². The van der Waals surface area contributed by atoms with Crippen LogP contribution in [0.4, 0.5) is 11.4 Å². The first-order valence-electron chi connectivity index (χ1n) is 5.93. The fourth-order valence-corrected chi connectivity index (χ4v) is 3.61. The van der Waals surface area contributed by atoms with Crippen molar-refractivity contribution < 1.29 is 13.3 Å². The second-order valence-corrected chi connectivity index (χ2v) is 7.44. The SMILES string of the molecule is Cc1ccc(S(=O)(=O)Nc2ccc(Br)cc2Cl)cc1[N+](=O)[O-]. The summed E-state index contributed by atoms with van der Waals surface area (Å²) in [6.45, 7) is 1.54. The van der Waals surface area contributed by atoms with Crippen LogP contribution in [0.1, 0.15) is 5.56 Å². The number of nitro benzene ring substituents is 1. The molecule has 1 N–H and O–H groups in total. The smallest absolute Gasteiger partial charge is 0.273 e. The van der Waals surface area contributed by atoms with E-state index in [1.54, 1.807) is 6.07 Å². The van der Waals surface area contributed by atoms with Crippen LogP contribution in [0.3, 0.4) is 0 Å². The lowest BCUT2D eigenvalue weighted by Crippen LogP contribution is -2.13. The van der Waals surface area contributed by atoms with Gasteiger partial charge in [-0.05, 0) is 31.2 Å². The molecule has 2 rings (SSSR count). The molecule has 0 aliphatic rings. The molecule has 2 aromatic rings. The Balaban J connectivity index is 2.42. The third-order valence-electron chi connectivity index (χ3n) is 2.86. The number of anilines is 1. The molecule has 2 aromatic carbocycles. The number of aryl methyl sites for hydroxylation is 1. The van der Waals surface area contributed by atoms with Gasteiger partial charge >= 0.3 is 0 Å². The van der Waals surface area contributed by atoms with E-state index in [0.29, 0.717) is 10.0 Å². The zero-order valence-electron chi connectivity index (χ0n) is 11.2. The molecule has 0 saturated carbocycles. The molecule has 116 valence electrons. The molecular weight excluding hydrogens is 396 g/mol. The van der Waals surface area contributed by atoms with Gasteiger partial charge in [-0.3, -0.25) is 14.8 Å². The maximum Gasteiger partial charge on any atom is 0.273 e. The van der Waals surface area contributed by atoms with Crippen molar-refractivity contribution in [1.82, 2.24) is 0 Å². The van der Waals surface area contributed by atoms with Crippen LogP contribution < -0.4 is 4.72 Å². The highest BCUT2D eigenvalue weighted by molar-refractivity contribution is 9.10. The van der Waals surface area contributed by atoms with Crippen molar-refractivity contribution in [2.24, 2.45) is 0 Å². The largest absolute Gasteiger partial charge is 0.278 e. The lowest BCUT2D eigenvalue weighted by Gasteiger charge is -2.10. The normalized spacial score (nSPS) is 11.2. The van der Waals surface area contributed by atoms with E-state index in [9.17, 15) is 18.5 Å². The Kier molecular flexibility index (Phi) is 4.74. The standard InChI is InChI=1S/C13H10BrClN2O4S/c1-8-2-4-10(7-13(8)17(18)19)22(20,21)16-12-5-3-9(14)6-11(12)15/h2-7,16H,1H3. The summed E-state index contributed by atoms with van der Waals surface area (Å²) >= 11 is 9.18. The Hall–Kier alpha value is -1.64. The summed E-state index contributed by atoms with van der Waals surface area (Å²) in [6.07, 6.45) is 0. The van der Waals surface area contributed by atoms with E-state index in [-0.39, 0.29) is 21.3 Å². The first kappa shape index (κ1) is 16.7. The number of sulfonamides is 1. The van der Waals surface area contributed by atoms with E-state index in [2.05, 4.69) is 20.7 Å². The summed E-state index contributed by atoms with van der Waals surface area (Å²) in [6, 6.07) is 8.36. The van der Waals surface area contributed by atoms with Crippen LogP contribution in [-0.2, 0) is 10.0 Å². The molecule has 0 bridgehead atoms. The predicted molar refractivity (Wildman–Crippen MR) is 87.8 cm³/mol. The summed E-state index contributed by atoms with van der Waals surface area (Å²) in [5.74, 6) is 0. The van der Waals surface area contributed by atoms with Crippen molar-refractivity contribution in [2.45, 2.75) is 11.8 Å². The lowest BCUT2D eigenvalue weighted by atomic mass is 10.2. The van der Waals surface area contributed by atoms with E-state index in [1.165, 1.54) is 31.2 Å². The van der Waals surface area contributed by atoms with Crippen LogP contribution in [0.5, 0.6) is 0 Å². The van der Waals surface area contributed by atoms with Gasteiger partial charge < -0.3 is 0 Å². The molecule has 0 spiro atoms. The van der Waals surface area contributed by atoms with Crippen LogP contribution in [0, 0.1) is 17.0 Å². The molecule has 9 heteroatoms. The molecule has 6 nitrogen and oxygen atoms in total. The summed E-state index contributed by atoms with van der Waals surface area (Å²) in [5.41, 5.74) is 0.309. The second kappa shape index (κ2) is 6.23. The summed E-state index contributed by atoms with van der Waals surface area (Å²) in [4.78, 5) is 10.1. The summed E-state index contributed by atoms with van der Waals surface area (Å²) in [7, 11) is -3.98. The minimum atomic E-state index is -3.98. The van der Waals surface area contributed by atoms with Gasteiger partial charge in [-0.25, -0.2) is 8.42 Å². The van der Waals surface area contributed by atoms with Gasteiger partial charge in [-0.2, -0.15) is 0 Å². The van der Waals surface area contributed by atoms with E-state index < -0.39 is 14.9 Å². The summed E-state index contributed by atoms with van der Waals surface area (Å²) < 4.78 is 27.7. The van der Waals surface area contributed by atoms with Crippen LogP contribution in [0.2, 0.25) is 5.02 Å². The highest BCUT2D eigenvalue weighted by Crippen LogP contribution is 2.29.